The van der Waals surface area contributed by atoms with Crippen molar-refractivity contribution in [2.75, 3.05) is 37.8 Å². The van der Waals surface area contributed by atoms with Crippen LogP contribution < -0.4 is 4.90 Å². The standard InChI is InChI=1S/C16H20N4O3/c1-2-23-15(21)12-13-17-6-3-7-20(13)18-14(12)19-8-4-16(10-19)5-9-22-11-16/h3,6-7H,2,4-5,8-11H2,1H3. The average Bonchev–Trinajstić information content (AvgIpc) is 3.27. The number of ether oxygens (including phenoxy) is 2. The normalized spacial score (nSPS) is 24.0. The number of hydrogen-bond donors (Lipinski definition) is 0. The van der Waals surface area contributed by atoms with Crippen LogP contribution >= 0.6 is 0 Å². The molecule has 1 spiro atoms. The van der Waals surface area contributed by atoms with E-state index < -0.39 is 0 Å². The van der Waals surface area contributed by atoms with Crippen molar-refractivity contribution in [1.29, 1.82) is 0 Å². The van der Waals surface area contributed by atoms with Crippen LogP contribution in [-0.2, 0) is 9.47 Å². The molecule has 4 rings (SSSR count). The highest BCUT2D eigenvalue weighted by molar-refractivity contribution is 6.01. The molecule has 122 valence electrons. The van der Waals surface area contributed by atoms with Gasteiger partial charge in [-0.15, -0.1) is 5.10 Å². The predicted molar refractivity (Wildman–Crippen MR) is 83.6 cm³/mol. The Hall–Kier alpha value is -2.15. The Kier molecular flexibility index (Phi) is 3.45. The van der Waals surface area contributed by atoms with Crippen LogP contribution in [-0.4, -0.2) is 53.5 Å². The molecule has 1 atom stereocenters. The number of fused-ring (bicyclic) bond motifs is 1. The lowest BCUT2D eigenvalue weighted by molar-refractivity contribution is 0.0529. The summed E-state index contributed by atoms with van der Waals surface area (Å²) >= 11 is 0. The molecule has 2 saturated heterocycles. The number of carbonyl (C=O) groups is 1. The molecule has 0 saturated carbocycles. The van der Waals surface area contributed by atoms with Crippen LogP contribution in [0.1, 0.15) is 30.1 Å². The largest absolute Gasteiger partial charge is 0.462 e. The molecule has 7 nitrogen and oxygen atoms in total. The van der Waals surface area contributed by atoms with Gasteiger partial charge in [-0.2, -0.15) is 0 Å². The van der Waals surface area contributed by atoms with Crippen LogP contribution in [0.5, 0.6) is 0 Å². The molecule has 0 aromatic carbocycles. The van der Waals surface area contributed by atoms with E-state index in [1.807, 2.05) is 0 Å². The number of carbonyl (C=O) groups excluding carboxylic acids is 1. The Morgan fingerprint density at radius 3 is 3.17 bits per heavy atom. The van der Waals surface area contributed by atoms with Gasteiger partial charge < -0.3 is 14.4 Å². The van der Waals surface area contributed by atoms with Crippen molar-refractivity contribution in [3.05, 3.63) is 24.0 Å². The smallest absolute Gasteiger partial charge is 0.345 e. The molecule has 4 heterocycles. The Bertz CT molecular complexity index is 736. The van der Waals surface area contributed by atoms with Gasteiger partial charge in [0.15, 0.2) is 11.5 Å². The van der Waals surface area contributed by atoms with Gasteiger partial charge >= 0.3 is 5.97 Å². The number of aromatic nitrogens is 3. The Labute approximate surface area is 134 Å². The fourth-order valence-corrected chi connectivity index (χ4v) is 3.57. The third kappa shape index (κ3) is 2.35. The fourth-order valence-electron chi connectivity index (χ4n) is 3.57. The van der Waals surface area contributed by atoms with Crippen molar-refractivity contribution in [2.45, 2.75) is 19.8 Å². The van der Waals surface area contributed by atoms with Crippen LogP contribution in [0.4, 0.5) is 5.82 Å². The van der Waals surface area contributed by atoms with Gasteiger partial charge in [-0.25, -0.2) is 14.3 Å². The van der Waals surface area contributed by atoms with Gasteiger partial charge in [-0.3, -0.25) is 0 Å². The number of esters is 1. The van der Waals surface area contributed by atoms with Crippen LogP contribution in [0.25, 0.3) is 5.65 Å². The fraction of sp³-hybridized carbons (Fsp3) is 0.562. The lowest BCUT2D eigenvalue weighted by atomic mass is 9.87. The minimum atomic E-state index is -0.361. The Balaban J connectivity index is 1.74. The van der Waals surface area contributed by atoms with E-state index in [1.54, 1.807) is 29.9 Å². The second-order valence-electron chi connectivity index (χ2n) is 6.28. The molecule has 0 aliphatic carbocycles. The van der Waals surface area contributed by atoms with Crippen LogP contribution in [0.3, 0.4) is 0 Å². The molecule has 0 N–H and O–H groups in total. The molecule has 1 unspecified atom stereocenters. The van der Waals surface area contributed by atoms with Crippen molar-refractivity contribution in [2.24, 2.45) is 5.41 Å². The first-order valence-electron chi connectivity index (χ1n) is 8.06. The molecule has 0 radical (unpaired) electrons. The topological polar surface area (TPSA) is 69.0 Å². The molecule has 2 aromatic rings. The van der Waals surface area contributed by atoms with Crippen molar-refractivity contribution >= 4 is 17.4 Å². The van der Waals surface area contributed by atoms with Gasteiger partial charge in [-0.1, -0.05) is 0 Å². The zero-order valence-corrected chi connectivity index (χ0v) is 13.2. The van der Waals surface area contributed by atoms with Gasteiger partial charge in [-0.05, 0) is 25.8 Å². The van der Waals surface area contributed by atoms with Crippen molar-refractivity contribution in [3.63, 3.8) is 0 Å². The zero-order valence-electron chi connectivity index (χ0n) is 13.2. The Morgan fingerprint density at radius 2 is 2.39 bits per heavy atom. The first-order chi connectivity index (χ1) is 11.2. The zero-order chi connectivity index (χ0) is 15.9. The molecule has 2 aliphatic rings. The first kappa shape index (κ1) is 14.4. The van der Waals surface area contributed by atoms with E-state index in [2.05, 4.69) is 15.0 Å². The summed E-state index contributed by atoms with van der Waals surface area (Å²) in [6, 6.07) is 1.80. The highest BCUT2D eigenvalue weighted by atomic mass is 16.5. The second-order valence-corrected chi connectivity index (χ2v) is 6.28. The summed E-state index contributed by atoms with van der Waals surface area (Å²) in [5, 5.41) is 4.59. The molecular weight excluding hydrogens is 296 g/mol. The molecule has 23 heavy (non-hydrogen) atoms. The highest BCUT2D eigenvalue weighted by Gasteiger charge is 2.43. The highest BCUT2D eigenvalue weighted by Crippen LogP contribution is 2.40. The average molecular weight is 316 g/mol. The number of nitrogens with zero attached hydrogens (tertiary/aromatic N) is 4. The summed E-state index contributed by atoms with van der Waals surface area (Å²) in [6.45, 7) is 5.50. The van der Waals surface area contributed by atoms with Crippen molar-refractivity contribution < 1.29 is 14.3 Å². The number of rotatable bonds is 3. The predicted octanol–water partition coefficient (Wildman–Crippen LogP) is 1.52. The molecule has 0 bridgehead atoms. The van der Waals surface area contributed by atoms with Crippen LogP contribution in [0, 0.1) is 5.41 Å². The van der Waals surface area contributed by atoms with E-state index in [4.69, 9.17) is 9.47 Å². The lowest BCUT2D eigenvalue weighted by Gasteiger charge is -2.22. The maximum atomic E-state index is 12.4. The van der Waals surface area contributed by atoms with E-state index in [9.17, 15) is 4.79 Å². The third-order valence-electron chi connectivity index (χ3n) is 4.78. The second kappa shape index (κ2) is 5.49. The Morgan fingerprint density at radius 1 is 1.48 bits per heavy atom. The van der Waals surface area contributed by atoms with E-state index >= 15 is 0 Å². The van der Waals surface area contributed by atoms with E-state index in [1.165, 1.54) is 0 Å². The quantitative estimate of drug-likeness (QED) is 0.800. The van der Waals surface area contributed by atoms with Crippen LogP contribution in [0.2, 0.25) is 0 Å². The number of anilines is 1. The van der Waals surface area contributed by atoms with Gasteiger partial charge in [0.05, 0.1) is 13.2 Å². The maximum Gasteiger partial charge on any atom is 0.345 e. The molecule has 2 aliphatic heterocycles. The molecular formula is C16H20N4O3. The van der Waals surface area contributed by atoms with Gasteiger partial charge in [0.2, 0.25) is 0 Å². The van der Waals surface area contributed by atoms with E-state index in [-0.39, 0.29) is 11.4 Å². The van der Waals surface area contributed by atoms with Gasteiger partial charge in [0, 0.05) is 37.5 Å². The van der Waals surface area contributed by atoms with Gasteiger partial charge in [0.25, 0.3) is 0 Å². The lowest BCUT2D eigenvalue weighted by Crippen LogP contribution is -2.28. The first-order valence-corrected chi connectivity index (χ1v) is 8.06. The summed E-state index contributed by atoms with van der Waals surface area (Å²) in [6.07, 6.45) is 5.61. The minimum absolute atomic E-state index is 0.204. The van der Waals surface area contributed by atoms with E-state index in [0.717, 1.165) is 39.1 Å². The van der Waals surface area contributed by atoms with Gasteiger partial charge in [0.1, 0.15) is 5.56 Å². The third-order valence-corrected chi connectivity index (χ3v) is 4.78. The molecule has 7 heteroatoms. The SMILES string of the molecule is CCOC(=O)c1c(N2CCC3(CCOC3)C2)nn2cccnc12. The van der Waals surface area contributed by atoms with Crippen molar-refractivity contribution in [1.82, 2.24) is 14.6 Å². The summed E-state index contributed by atoms with van der Waals surface area (Å²) < 4.78 is 12.5. The summed E-state index contributed by atoms with van der Waals surface area (Å²) in [5.74, 6) is 0.311. The summed E-state index contributed by atoms with van der Waals surface area (Å²) in [7, 11) is 0. The summed E-state index contributed by atoms with van der Waals surface area (Å²) in [4.78, 5) is 18.9. The summed E-state index contributed by atoms with van der Waals surface area (Å²) in [5.41, 5.74) is 1.21. The minimum Gasteiger partial charge on any atom is -0.462 e. The number of hydrogen-bond acceptors (Lipinski definition) is 6. The van der Waals surface area contributed by atoms with Crippen LogP contribution in [0.15, 0.2) is 18.5 Å². The molecule has 0 amide bonds. The maximum absolute atomic E-state index is 12.4. The van der Waals surface area contributed by atoms with E-state index in [0.29, 0.717) is 23.6 Å². The monoisotopic (exact) mass is 316 g/mol. The molecule has 2 fully saturated rings. The van der Waals surface area contributed by atoms with Crippen molar-refractivity contribution in [3.8, 4) is 0 Å². The molecule has 2 aromatic heterocycles.